The topological polar surface area (TPSA) is 23.6 Å². The van der Waals surface area contributed by atoms with Gasteiger partial charge in [0, 0.05) is 49.7 Å². The van der Waals surface area contributed by atoms with Crippen molar-refractivity contribution in [2.75, 3.05) is 37.0 Å². The van der Waals surface area contributed by atoms with Crippen LogP contribution in [0, 0.1) is 0 Å². The SMILES string of the molecule is CCN(CC)c1ccc(/C=C2/CC/C(=C/c3ccc(N(C)C)cc3)C2=O)cc1. The first-order valence-corrected chi connectivity index (χ1v) is 10.1. The van der Waals surface area contributed by atoms with Crippen LogP contribution in [-0.4, -0.2) is 33.0 Å². The van der Waals surface area contributed by atoms with Crippen molar-refractivity contribution >= 4 is 29.3 Å². The lowest BCUT2D eigenvalue weighted by atomic mass is 10.1. The van der Waals surface area contributed by atoms with Gasteiger partial charge in [0.15, 0.2) is 5.78 Å². The second kappa shape index (κ2) is 8.92. The number of Topliss-reactive ketones (excluding diaryl/α,β-unsaturated/α-hetero) is 1. The Kier molecular flexibility index (Phi) is 6.35. The van der Waals surface area contributed by atoms with Gasteiger partial charge in [-0.15, -0.1) is 0 Å². The van der Waals surface area contributed by atoms with E-state index in [1.807, 2.05) is 26.2 Å². The minimum Gasteiger partial charge on any atom is -0.378 e. The number of benzene rings is 2. The molecule has 0 atom stereocenters. The van der Waals surface area contributed by atoms with Crippen molar-refractivity contribution in [2.24, 2.45) is 0 Å². The number of nitrogens with zero attached hydrogens (tertiary/aromatic N) is 2. The standard InChI is InChI=1S/C25H30N2O/c1-5-27(6-2)24-15-9-20(10-16-24)18-22-12-11-21(25(22)28)17-19-7-13-23(14-8-19)26(3)4/h7-10,13-18H,5-6,11-12H2,1-4H3/b21-17-,22-18-. The molecule has 0 bridgehead atoms. The second-order valence-electron chi connectivity index (χ2n) is 7.42. The third-order valence-corrected chi connectivity index (χ3v) is 5.36. The summed E-state index contributed by atoms with van der Waals surface area (Å²) < 4.78 is 0. The molecule has 28 heavy (non-hydrogen) atoms. The lowest BCUT2D eigenvalue weighted by Crippen LogP contribution is -2.21. The van der Waals surface area contributed by atoms with Gasteiger partial charge in [-0.1, -0.05) is 24.3 Å². The van der Waals surface area contributed by atoms with Gasteiger partial charge < -0.3 is 9.80 Å². The molecule has 0 N–H and O–H groups in total. The predicted molar refractivity (Wildman–Crippen MR) is 121 cm³/mol. The fourth-order valence-electron chi connectivity index (χ4n) is 3.62. The van der Waals surface area contributed by atoms with Crippen LogP contribution in [0.1, 0.15) is 37.8 Å². The molecule has 0 unspecified atom stereocenters. The molecule has 1 aliphatic rings. The van der Waals surface area contributed by atoms with Crippen molar-refractivity contribution in [2.45, 2.75) is 26.7 Å². The van der Waals surface area contributed by atoms with Crippen molar-refractivity contribution in [3.63, 3.8) is 0 Å². The van der Waals surface area contributed by atoms with Crippen LogP contribution in [0.25, 0.3) is 12.2 Å². The molecule has 3 rings (SSSR count). The summed E-state index contributed by atoms with van der Waals surface area (Å²) in [4.78, 5) is 17.2. The normalized spacial score (nSPS) is 16.8. The summed E-state index contributed by atoms with van der Waals surface area (Å²) in [7, 11) is 4.05. The van der Waals surface area contributed by atoms with E-state index in [-0.39, 0.29) is 5.78 Å². The monoisotopic (exact) mass is 374 g/mol. The van der Waals surface area contributed by atoms with E-state index in [9.17, 15) is 4.79 Å². The van der Waals surface area contributed by atoms with Gasteiger partial charge in [0.05, 0.1) is 0 Å². The molecule has 0 radical (unpaired) electrons. The van der Waals surface area contributed by atoms with E-state index in [4.69, 9.17) is 0 Å². The highest BCUT2D eigenvalue weighted by molar-refractivity contribution is 6.15. The van der Waals surface area contributed by atoms with Crippen LogP contribution in [0.3, 0.4) is 0 Å². The number of carbonyl (C=O) groups is 1. The molecule has 1 fully saturated rings. The molecular weight excluding hydrogens is 344 g/mol. The Balaban J connectivity index is 1.74. The molecule has 1 aliphatic carbocycles. The highest BCUT2D eigenvalue weighted by atomic mass is 16.1. The van der Waals surface area contributed by atoms with E-state index in [1.165, 1.54) is 5.69 Å². The molecule has 0 aromatic heterocycles. The lowest BCUT2D eigenvalue weighted by molar-refractivity contribution is -0.111. The Morgan fingerprint density at radius 1 is 0.750 bits per heavy atom. The first-order chi connectivity index (χ1) is 13.5. The van der Waals surface area contributed by atoms with Crippen molar-refractivity contribution in [1.29, 1.82) is 0 Å². The Morgan fingerprint density at radius 3 is 1.57 bits per heavy atom. The van der Waals surface area contributed by atoms with Gasteiger partial charge in [-0.2, -0.15) is 0 Å². The number of carbonyl (C=O) groups excluding carboxylic acids is 1. The van der Waals surface area contributed by atoms with Crippen LogP contribution in [-0.2, 0) is 4.79 Å². The summed E-state index contributed by atoms with van der Waals surface area (Å²) in [6, 6.07) is 16.8. The van der Waals surface area contributed by atoms with Crippen LogP contribution in [0.4, 0.5) is 11.4 Å². The van der Waals surface area contributed by atoms with E-state index in [0.29, 0.717) is 0 Å². The van der Waals surface area contributed by atoms with Gasteiger partial charge in [-0.05, 0) is 74.2 Å². The Bertz CT molecular complexity index is 870. The van der Waals surface area contributed by atoms with E-state index in [0.717, 1.165) is 53.9 Å². The average molecular weight is 375 g/mol. The van der Waals surface area contributed by atoms with Gasteiger partial charge in [0.2, 0.25) is 0 Å². The van der Waals surface area contributed by atoms with Crippen molar-refractivity contribution in [3.8, 4) is 0 Å². The van der Waals surface area contributed by atoms with Crippen LogP contribution < -0.4 is 9.80 Å². The van der Waals surface area contributed by atoms with Crippen molar-refractivity contribution in [1.82, 2.24) is 0 Å². The largest absolute Gasteiger partial charge is 0.378 e. The van der Waals surface area contributed by atoms with E-state index in [1.54, 1.807) is 0 Å². The number of allylic oxidation sites excluding steroid dienone is 2. The predicted octanol–water partition coefficient (Wildman–Crippen LogP) is 5.43. The number of anilines is 2. The Labute approximate surface area is 169 Å². The number of hydrogen-bond donors (Lipinski definition) is 0. The van der Waals surface area contributed by atoms with Crippen LogP contribution in [0.5, 0.6) is 0 Å². The number of rotatable bonds is 6. The maximum absolute atomic E-state index is 12.8. The minimum atomic E-state index is 0.185. The maximum Gasteiger partial charge on any atom is 0.185 e. The van der Waals surface area contributed by atoms with Crippen LogP contribution in [0.2, 0.25) is 0 Å². The number of hydrogen-bond acceptors (Lipinski definition) is 3. The van der Waals surface area contributed by atoms with Crippen molar-refractivity contribution < 1.29 is 4.79 Å². The van der Waals surface area contributed by atoms with E-state index in [2.05, 4.69) is 72.2 Å². The first kappa shape index (κ1) is 19.9. The zero-order chi connectivity index (χ0) is 20.1. The van der Waals surface area contributed by atoms with Gasteiger partial charge in [0.1, 0.15) is 0 Å². The van der Waals surface area contributed by atoms with Crippen LogP contribution in [0.15, 0.2) is 59.7 Å². The second-order valence-corrected chi connectivity index (χ2v) is 7.42. The molecule has 0 aliphatic heterocycles. The lowest BCUT2D eigenvalue weighted by Gasteiger charge is -2.20. The molecule has 2 aromatic rings. The summed E-state index contributed by atoms with van der Waals surface area (Å²) in [5, 5.41) is 0. The molecule has 146 valence electrons. The number of ketones is 1. The summed E-state index contributed by atoms with van der Waals surface area (Å²) in [6.07, 6.45) is 5.71. The first-order valence-electron chi connectivity index (χ1n) is 10.1. The molecule has 0 spiro atoms. The summed E-state index contributed by atoms with van der Waals surface area (Å²) in [5.41, 5.74) is 6.38. The summed E-state index contributed by atoms with van der Waals surface area (Å²) >= 11 is 0. The minimum absolute atomic E-state index is 0.185. The molecule has 3 heteroatoms. The maximum atomic E-state index is 12.8. The third-order valence-electron chi connectivity index (χ3n) is 5.36. The molecule has 2 aromatic carbocycles. The van der Waals surface area contributed by atoms with E-state index >= 15 is 0 Å². The fourth-order valence-corrected chi connectivity index (χ4v) is 3.62. The van der Waals surface area contributed by atoms with Crippen LogP contribution >= 0.6 is 0 Å². The van der Waals surface area contributed by atoms with Gasteiger partial charge in [-0.3, -0.25) is 4.79 Å². The van der Waals surface area contributed by atoms with Crippen molar-refractivity contribution in [3.05, 3.63) is 70.8 Å². The molecule has 1 saturated carbocycles. The zero-order valence-electron chi connectivity index (χ0n) is 17.4. The highest BCUT2D eigenvalue weighted by Gasteiger charge is 2.22. The molecular formula is C25H30N2O. The smallest absolute Gasteiger partial charge is 0.185 e. The molecule has 0 saturated heterocycles. The van der Waals surface area contributed by atoms with E-state index < -0.39 is 0 Å². The zero-order valence-corrected chi connectivity index (χ0v) is 17.4. The van der Waals surface area contributed by atoms with Gasteiger partial charge in [-0.25, -0.2) is 0 Å². The molecule has 0 amide bonds. The molecule has 0 heterocycles. The summed E-state index contributed by atoms with van der Waals surface area (Å²) in [5.74, 6) is 0.185. The Morgan fingerprint density at radius 2 is 1.18 bits per heavy atom. The molecule has 3 nitrogen and oxygen atoms in total. The fraction of sp³-hybridized carbons (Fsp3) is 0.320. The average Bonchev–Trinajstić information content (AvgIpc) is 3.04. The Hall–Kier alpha value is -2.81. The van der Waals surface area contributed by atoms with Gasteiger partial charge >= 0.3 is 0 Å². The van der Waals surface area contributed by atoms with Gasteiger partial charge in [0.25, 0.3) is 0 Å². The third kappa shape index (κ3) is 4.53. The summed E-state index contributed by atoms with van der Waals surface area (Å²) in [6.45, 7) is 6.33. The highest BCUT2D eigenvalue weighted by Crippen LogP contribution is 2.30. The quantitative estimate of drug-likeness (QED) is 0.630.